The summed E-state index contributed by atoms with van der Waals surface area (Å²) in [5, 5.41) is 4.37. The number of carbonyl (C=O) groups is 1. The van der Waals surface area contributed by atoms with Gasteiger partial charge in [0.2, 0.25) is 0 Å². The van der Waals surface area contributed by atoms with Gasteiger partial charge in [0.25, 0.3) is 5.91 Å². The fourth-order valence-electron chi connectivity index (χ4n) is 1.56. The van der Waals surface area contributed by atoms with Gasteiger partial charge >= 0.3 is 0 Å². The molecule has 0 heterocycles. The van der Waals surface area contributed by atoms with E-state index in [9.17, 15) is 18.0 Å². The van der Waals surface area contributed by atoms with Gasteiger partial charge in [-0.1, -0.05) is 12.1 Å². The number of amides is 1. The molecule has 0 radical (unpaired) electrons. The summed E-state index contributed by atoms with van der Waals surface area (Å²) < 4.78 is 39.5. The zero-order valence-corrected chi connectivity index (χ0v) is 11.3. The molecular formula is C14H9F3N2OS. The Balaban J connectivity index is 2.05. The molecule has 0 spiro atoms. The summed E-state index contributed by atoms with van der Waals surface area (Å²) in [6.07, 6.45) is 0. The molecule has 0 aliphatic rings. The third-order valence-electron chi connectivity index (χ3n) is 2.52. The highest BCUT2D eigenvalue weighted by atomic mass is 32.1. The van der Waals surface area contributed by atoms with Gasteiger partial charge in [-0.25, -0.2) is 13.2 Å². The standard InChI is InChI=1S/C14H9F3N2OS/c15-8-5-6-12(11(17)7-8)18-14(21)19-13(20)9-3-1-2-4-10(9)16/h1-7H,(H2,18,19,20,21). The van der Waals surface area contributed by atoms with Crippen LogP contribution in [-0.4, -0.2) is 11.0 Å². The maximum absolute atomic E-state index is 13.4. The van der Waals surface area contributed by atoms with Crippen molar-refractivity contribution in [3.63, 3.8) is 0 Å². The van der Waals surface area contributed by atoms with E-state index in [2.05, 4.69) is 10.6 Å². The van der Waals surface area contributed by atoms with Crippen molar-refractivity contribution in [2.45, 2.75) is 0 Å². The minimum absolute atomic E-state index is 0.102. The van der Waals surface area contributed by atoms with Crippen molar-refractivity contribution in [3.8, 4) is 0 Å². The first kappa shape index (κ1) is 15.0. The number of halogens is 3. The van der Waals surface area contributed by atoms with Crippen LogP contribution in [0, 0.1) is 17.5 Å². The molecular weight excluding hydrogens is 301 g/mol. The van der Waals surface area contributed by atoms with Gasteiger partial charge in [0, 0.05) is 6.07 Å². The minimum Gasteiger partial charge on any atom is -0.330 e. The average molecular weight is 310 g/mol. The highest BCUT2D eigenvalue weighted by Gasteiger charge is 2.13. The molecule has 3 nitrogen and oxygen atoms in total. The highest BCUT2D eigenvalue weighted by Crippen LogP contribution is 2.14. The van der Waals surface area contributed by atoms with Crippen molar-refractivity contribution in [1.82, 2.24) is 5.32 Å². The predicted molar refractivity (Wildman–Crippen MR) is 76.4 cm³/mol. The Morgan fingerprint density at radius 2 is 1.71 bits per heavy atom. The Kier molecular flexibility index (Phi) is 4.54. The first-order chi connectivity index (χ1) is 9.97. The summed E-state index contributed by atoms with van der Waals surface area (Å²) >= 11 is 4.82. The van der Waals surface area contributed by atoms with Crippen molar-refractivity contribution in [3.05, 3.63) is 65.5 Å². The molecule has 2 aromatic rings. The van der Waals surface area contributed by atoms with Crippen LogP contribution < -0.4 is 10.6 Å². The number of rotatable bonds is 2. The molecule has 0 fully saturated rings. The second kappa shape index (κ2) is 6.36. The van der Waals surface area contributed by atoms with Gasteiger partial charge in [0.1, 0.15) is 17.5 Å². The number of carbonyl (C=O) groups excluding carboxylic acids is 1. The van der Waals surface area contributed by atoms with Crippen molar-refractivity contribution in [2.24, 2.45) is 0 Å². The van der Waals surface area contributed by atoms with Crippen molar-refractivity contribution in [1.29, 1.82) is 0 Å². The van der Waals surface area contributed by atoms with E-state index in [4.69, 9.17) is 12.2 Å². The second-order valence-corrected chi connectivity index (χ2v) is 4.42. The predicted octanol–water partition coefficient (Wildman–Crippen LogP) is 3.23. The lowest BCUT2D eigenvalue weighted by Crippen LogP contribution is -2.34. The quantitative estimate of drug-likeness (QED) is 0.837. The van der Waals surface area contributed by atoms with Gasteiger partial charge < -0.3 is 5.32 Å². The summed E-state index contributed by atoms with van der Waals surface area (Å²) in [6, 6.07) is 8.18. The number of thiocarbonyl (C=S) groups is 1. The summed E-state index contributed by atoms with van der Waals surface area (Å²) in [5.41, 5.74) is -0.295. The summed E-state index contributed by atoms with van der Waals surface area (Å²) in [7, 11) is 0. The Morgan fingerprint density at radius 3 is 2.38 bits per heavy atom. The zero-order chi connectivity index (χ0) is 15.4. The van der Waals surface area contributed by atoms with Crippen LogP contribution in [0.4, 0.5) is 18.9 Å². The number of nitrogens with one attached hydrogen (secondary N) is 2. The summed E-state index contributed by atoms with van der Waals surface area (Å²) in [5.74, 6) is -3.07. The largest absolute Gasteiger partial charge is 0.330 e. The fraction of sp³-hybridized carbons (Fsp3) is 0. The molecule has 21 heavy (non-hydrogen) atoms. The molecule has 0 aliphatic carbocycles. The topological polar surface area (TPSA) is 41.1 Å². The fourth-order valence-corrected chi connectivity index (χ4v) is 1.76. The van der Waals surface area contributed by atoms with Gasteiger partial charge in [-0.05, 0) is 36.5 Å². The molecule has 2 aromatic carbocycles. The van der Waals surface area contributed by atoms with E-state index in [1.165, 1.54) is 18.2 Å². The normalized spacial score (nSPS) is 10.0. The molecule has 108 valence electrons. The molecule has 0 unspecified atom stereocenters. The SMILES string of the molecule is O=C(NC(=S)Nc1ccc(F)cc1F)c1ccccc1F. The number of benzene rings is 2. The van der Waals surface area contributed by atoms with Crippen LogP contribution in [0.25, 0.3) is 0 Å². The highest BCUT2D eigenvalue weighted by molar-refractivity contribution is 7.80. The van der Waals surface area contributed by atoms with Crippen LogP contribution in [-0.2, 0) is 0 Å². The lowest BCUT2D eigenvalue weighted by Gasteiger charge is -2.10. The number of hydrogen-bond acceptors (Lipinski definition) is 2. The third-order valence-corrected chi connectivity index (χ3v) is 2.73. The van der Waals surface area contributed by atoms with Crippen LogP contribution in [0.15, 0.2) is 42.5 Å². The van der Waals surface area contributed by atoms with Gasteiger partial charge in [0.15, 0.2) is 5.11 Å². The van der Waals surface area contributed by atoms with E-state index in [1.54, 1.807) is 0 Å². The molecule has 0 aromatic heterocycles. The lowest BCUT2D eigenvalue weighted by atomic mass is 10.2. The molecule has 0 saturated heterocycles. The maximum atomic E-state index is 13.4. The van der Waals surface area contributed by atoms with Crippen LogP contribution in [0.3, 0.4) is 0 Å². The Hall–Kier alpha value is -2.41. The maximum Gasteiger partial charge on any atom is 0.260 e. The molecule has 0 atom stereocenters. The number of hydrogen-bond donors (Lipinski definition) is 2. The third kappa shape index (κ3) is 3.79. The summed E-state index contributed by atoms with van der Waals surface area (Å²) in [6.45, 7) is 0. The molecule has 7 heteroatoms. The van der Waals surface area contributed by atoms with Crippen LogP contribution in [0.5, 0.6) is 0 Å². The van der Waals surface area contributed by atoms with Gasteiger partial charge in [-0.3, -0.25) is 10.1 Å². The molecule has 1 amide bonds. The van der Waals surface area contributed by atoms with Crippen molar-refractivity contribution in [2.75, 3.05) is 5.32 Å². The van der Waals surface area contributed by atoms with E-state index in [1.807, 2.05) is 0 Å². The van der Waals surface area contributed by atoms with Crippen molar-refractivity contribution < 1.29 is 18.0 Å². The lowest BCUT2D eigenvalue weighted by molar-refractivity contribution is 0.0974. The Bertz CT molecular complexity index is 706. The average Bonchev–Trinajstić information content (AvgIpc) is 2.42. The van der Waals surface area contributed by atoms with Gasteiger partial charge in [0.05, 0.1) is 11.3 Å². The van der Waals surface area contributed by atoms with E-state index >= 15 is 0 Å². The first-order valence-corrected chi connectivity index (χ1v) is 6.20. The van der Waals surface area contributed by atoms with Crippen LogP contribution in [0.2, 0.25) is 0 Å². The van der Waals surface area contributed by atoms with E-state index in [0.29, 0.717) is 6.07 Å². The molecule has 0 saturated carbocycles. The molecule has 2 N–H and O–H groups in total. The smallest absolute Gasteiger partial charge is 0.260 e. The van der Waals surface area contributed by atoms with Gasteiger partial charge in [-0.2, -0.15) is 0 Å². The Morgan fingerprint density at radius 1 is 1.00 bits per heavy atom. The molecule has 0 bridgehead atoms. The monoisotopic (exact) mass is 310 g/mol. The first-order valence-electron chi connectivity index (χ1n) is 5.79. The van der Waals surface area contributed by atoms with Gasteiger partial charge in [-0.15, -0.1) is 0 Å². The van der Waals surface area contributed by atoms with Crippen LogP contribution >= 0.6 is 12.2 Å². The zero-order valence-electron chi connectivity index (χ0n) is 10.5. The summed E-state index contributed by atoms with van der Waals surface area (Å²) in [4.78, 5) is 11.8. The second-order valence-electron chi connectivity index (χ2n) is 4.01. The minimum atomic E-state index is -0.863. The number of anilines is 1. The molecule has 0 aliphatic heterocycles. The van der Waals surface area contributed by atoms with E-state index in [0.717, 1.165) is 18.2 Å². The van der Waals surface area contributed by atoms with Crippen LogP contribution in [0.1, 0.15) is 10.4 Å². The van der Waals surface area contributed by atoms with Crippen molar-refractivity contribution >= 4 is 28.9 Å². The Labute approximate surface area is 123 Å². The van der Waals surface area contributed by atoms with E-state index in [-0.39, 0.29) is 16.4 Å². The van der Waals surface area contributed by atoms with E-state index < -0.39 is 23.4 Å². The molecule has 2 rings (SSSR count).